The summed E-state index contributed by atoms with van der Waals surface area (Å²) in [4.78, 5) is 28.3. The lowest BCUT2D eigenvalue weighted by molar-refractivity contribution is -0.143. The third-order valence-corrected chi connectivity index (χ3v) is 7.68. The summed E-state index contributed by atoms with van der Waals surface area (Å²) < 4.78 is 17.5. The number of methoxy groups -OCH3 is 2. The van der Waals surface area contributed by atoms with E-state index in [4.69, 9.17) is 14.2 Å². The Hall–Kier alpha value is -5.10. The van der Waals surface area contributed by atoms with E-state index in [1.54, 1.807) is 44.6 Å². The van der Waals surface area contributed by atoms with Gasteiger partial charge in [0.25, 0.3) is 5.91 Å². The van der Waals surface area contributed by atoms with Crippen molar-refractivity contribution in [2.45, 2.75) is 17.9 Å². The molecule has 2 atom stereocenters. The lowest BCUT2D eigenvalue weighted by Gasteiger charge is -2.44. The number of rotatable bonds is 7. The van der Waals surface area contributed by atoms with Crippen molar-refractivity contribution >= 4 is 22.6 Å². The minimum atomic E-state index is -1.50. The van der Waals surface area contributed by atoms with Crippen LogP contribution in [0.2, 0.25) is 0 Å². The number of ether oxygens (including phenoxy) is 3. The van der Waals surface area contributed by atoms with E-state index < -0.39 is 17.4 Å². The fraction of sp³-hybridized carbons (Fsp3) is 0.143. The number of hydrogen-bond donors (Lipinski definition) is 1. The van der Waals surface area contributed by atoms with Crippen molar-refractivity contribution in [2.24, 2.45) is 0 Å². The van der Waals surface area contributed by atoms with Gasteiger partial charge in [-0.25, -0.2) is 4.79 Å². The molecule has 41 heavy (non-hydrogen) atoms. The highest BCUT2D eigenvalue weighted by Crippen LogP contribution is 2.49. The third-order valence-electron chi connectivity index (χ3n) is 7.68. The van der Waals surface area contributed by atoms with Gasteiger partial charge in [-0.15, -0.1) is 0 Å². The van der Waals surface area contributed by atoms with Crippen LogP contribution < -0.4 is 19.5 Å². The molecule has 1 aliphatic heterocycles. The molecular weight excluding hydrogens is 514 g/mol. The molecule has 0 fully saturated rings. The first kappa shape index (κ1) is 26.1. The summed E-state index contributed by atoms with van der Waals surface area (Å²) in [6.07, 6.45) is 0.196. The number of carbonyl (C=O) groups excluding carboxylic acids is 2. The SMILES string of the molecule is COc1cc(OC)cc([C@H]2c3ccc4ccccc4c3OC(=O)[C@@]2(Cc2ccccc2)NC(=O)c2ccccc2)c1. The molecule has 0 bridgehead atoms. The van der Waals surface area contributed by atoms with Gasteiger partial charge in [-0.3, -0.25) is 4.79 Å². The van der Waals surface area contributed by atoms with Crippen LogP contribution in [0.3, 0.4) is 0 Å². The molecule has 1 amide bonds. The largest absolute Gasteiger partial charge is 0.497 e. The van der Waals surface area contributed by atoms with Crippen molar-refractivity contribution in [1.82, 2.24) is 5.32 Å². The Bertz CT molecular complexity index is 1710. The Morgan fingerprint density at radius 2 is 1.44 bits per heavy atom. The van der Waals surface area contributed by atoms with Crippen LogP contribution >= 0.6 is 0 Å². The van der Waals surface area contributed by atoms with Gasteiger partial charge in [-0.1, -0.05) is 84.9 Å². The van der Waals surface area contributed by atoms with Crippen molar-refractivity contribution in [3.05, 3.63) is 138 Å². The molecule has 6 heteroatoms. The summed E-state index contributed by atoms with van der Waals surface area (Å²) in [5.74, 6) is 0.0777. The van der Waals surface area contributed by atoms with E-state index in [0.717, 1.165) is 27.5 Å². The molecule has 0 saturated heterocycles. The minimum absolute atomic E-state index is 0.196. The van der Waals surface area contributed by atoms with Crippen LogP contribution in [0.25, 0.3) is 10.8 Å². The van der Waals surface area contributed by atoms with Crippen molar-refractivity contribution < 1.29 is 23.8 Å². The lowest BCUT2D eigenvalue weighted by atomic mass is 9.69. The standard InChI is InChI=1S/C35H29NO5/c1-39-27-19-26(20-28(21-27)40-2)31-30-18-17-24-13-9-10-16-29(24)32(30)41-34(38)35(31,22-23-11-5-3-6-12-23)36-33(37)25-14-7-4-8-15-25/h3-21,31H,22H2,1-2H3,(H,36,37)/t31-,35-/m0/s1. The first-order valence-corrected chi connectivity index (χ1v) is 13.4. The number of esters is 1. The molecular formula is C35H29NO5. The molecule has 204 valence electrons. The minimum Gasteiger partial charge on any atom is -0.497 e. The van der Waals surface area contributed by atoms with Gasteiger partial charge in [0, 0.05) is 34.9 Å². The van der Waals surface area contributed by atoms with Crippen LogP contribution in [-0.4, -0.2) is 31.6 Å². The van der Waals surface area contributed by atoms with E-state index in [-0.39, 0.29) is 12.3 Å². The molecule has 6 rings (SSSR count). The number of fused-ring (bicyclic) bond motifs is 3. The second-order valence-electron chi connectivity index (χ2n) is 10.1. The first-order valence-electron chi connectivity index (χ1n) is 13.4. The van der Waals surface area contributed by atoms with Gasteiger partial charge < -0.3 is 19.5 Å². The predicted molar refractivity (Wildman–Crippen MR) is 158 cm³/mol. The van der Waals surface area contributed by atoms with Gasteiger partial charge in [0.2, 0.25) is 0 Å². The highest BCUT2D eigenvalue weighted by Gasteiger charge is 2.54. The fourth-order valence-electron chi connectivity index (χ4n) is 5.75. The molecule has 1 N–H and O–H groups in total. The summed E-state index contributed by atoms with van der Waals surface area (Å²) >= 11 is 0. The summed E-state index contributed by atoms with van der Waals surface area (Å²) in [6, 6.07) is 35.9. The van der Waals surface area contributed by atoms with Crippen molar-refractivity contribution in [3.63, 3.8) is 0 Å². The Balaban J connectivity index is 1.64. The van der Waals surface area contributed by atoms with Crippen LogP contribution in [0.15, 0.2) is 115 Å². The molecule has 5 aromatic rings. The summed E-state index contributed by atoms with van der Waals surface area (Å²) in [6.45, 7) is 0. The topological polar surface area (TPSA) is 73.9 Å². The van der Waals surface area contributed by atoms with E-state index in [1.807, 2.05) is 84.9 Å². The van der Waals surface area contributed by atoms with Crippen LogP contribution in [-0.2, 0) is 11.2 Å². The van der Waals surface area contributed by atoms with E-state index in [2.05, 4.69) is 5.32 Å². The van der Waals surface area contributed by atoms with Gasteiger partial charge in [0.1, 0.15) is 17.2 Å². The fourth-order valence-corrected chi connectivity index (χ4v) is 5.75. The molecule has 0 aliphatic carbocycles. The molecule has 0 aromatic heterocycles. The zero-order valence-electron chi connectivity index (χ0n) is 22.8. The zero-order chi connectivity index (χ0) is 28.4. The maximum atomic E-state index is 14.5. The Morgan fingerprint density at radius 1 is 0.805 bits per heavy atom. The van der Waals surface area contributed by atoms with E-state index >= 15 is 0 Å². The van der Waals surface area contributed by atoms with Crippen LogP contribution in [0.4, 0.5) is 0 Å². The van der Waals surface area contributed by atoms with Crippen LogP contribution in [0, 0.1) is 0 Å². The molecule has 1 heterocycles. The average Bonchev–Trinajstić information content (AvgIpc) is 3.02. The van der Waals surface area contributed by atoms with Gasteiger partial charge in [-0.05, 0) is 40.8 Å². The summed E-state index contributed by atoms with van der Waals surface area (Å²) in [5, 5.41) is 4.93. The second kappa shape index (κ2) is 10.8. The molecule has 0 saturated carbocycles. The van der Waals surface area contributed by atoms with Crippen LogP contribution in [0.1, 0.15) is 33.0 Å². The normalized spacial score (nSPS) is 17.8. The first-order chi connectivity index (χ1) is 20.0. The van der Waals surface area contributed by atoms with Gasteiger partial charge in [0.05, 0.1) is 14.2 Å². The number of benzene rings is 5. The molecule has 0 spiro atoms. The summed E-state index contributed by atoms with van der Waals surface area (Å²) in [7, 11) is 3.17. The number of hydrogen-bond acceptors (Lipinski definition) is 5. The molecule has 5 aromatic carbocycles. The zero-order valence-corrected chi connectivity index (χ0v) is 22.8. The Morgan fingerprint density at radius 3 is 2.12 bits per heavy atom. The van der Waals surface area contributed by atoms with Gasteiger partial charge >= 0.3 is 5.97 Å². The lowest BCUT2D eigenvalue weighted by Crippen LogP contribution is -2.63. The summed E-state index contributed by atoms with van der Waals surface area (Å²) in [5.41, 5.74) is 1.35. The number of carbonyl (C=O) groups is 2. The Labute approximate surface area is 238 Å². The second-order valence-corrected chi connectivity index (χ2v) is 10.1. The molecule has 0 unspecified atom stereocenters. The molecule has 6 nitrogen and oxygen atoms in total. The van der Waals surface area contributed by atoms with Crippen molar-refractivity contribution in [1.29, 1.82) is 0 Å². The van der Waals surface area contributed by atoms with Gasteiger partial charge in [-0.2, -0.15) is 0 Å². The smallest absolute Gasteiger partial charge is 0.338 e. The Kier molecular flexibility index (Phi) is 6.89. The van der Waals surface area contributed by atoms with Crippen molar-refractivity contribution in [2.75, 3.05) is 14.2 Å². The highest BCUT2D eigenvalue weighted by atomic mass is 16.5. The highest BCUT2D eigenvalue weighted by molar-refractivity contribution is 6.02. The van der Waals surface area contributed by atoms with Crippen molar-refractivity contribution in [3.8, 4) is 17.2 Å². The molecule has 0 radical (unpaired) electrons. The van der Waals surface area contributed by atoms with Gasteiger partial charge in [0.15, 0.2) is 5.54 Å². The maximum Gasteiger partial charge on any atom is 0.338 e. The van der Waals surface area contributed by atoms with E-state index in [1.165, 1.54) is 0 Å². The monoisotopic (exact) mass is 543 g/mol. The maximum absolute atomic E-state index is 14.5. The molecule has 1 aliphatic rings. The average molecular weight is 544 g/mol. The number of amides is 1. The quantitative estimate of drug-likeness (QED) is 0.192. The van der Waals surface area contributed by atoms with Crippen LogP contribution in [0.5, 0.6) is 17.2 Å². The number of nitrogens with one attached hydrogen (secondary N) is 1. The van der Waals surface area contributed by atoms with E-state index in [0.29, 0.717) is 22.8 Å². The van der Waals surface area contributed by atoms with E-state index in [9.17, 15) is 9.59 Å². The predicted octanol–water partition coefficient (Wildman–Crippen LogP) is 6.32. The third kappa shape index (κ3) is 4.78.